The number of hydrogen-bond acceptors (Lipinski definition) is 4. The zero-order chi connectivity index (χ0) is 20.0. The Hall–Kier alpha value is -2.97. The van der Waals surface area contributed by atoms with E-state index in [1.165, 1.54) is 44.4 Å². The summed E-state index contributed by atoms with van der Waals surface area (Å²) < 4.78 is 25.3. The molecule has 2 rings (SSSR count). The van der Waals surface area contributed by atoms with Crippen molar-refractivity contribution in [2.24, 2.45) is 0 Å². The van der Waals surface area contributed by atoms with Gasteiger partial charge in [-0.05, 0) is 36.8 Å². The van der Waals surface area contributed by atoms with Crippen LogP contribution in [0.15, 0.2) is 59.5 Å². The highest BCUT2D eigenvalue weighted by Gasteiger charge is 2.18. The molecule has 0 radical (unpaired) electrons. The molecule has 2 amide bonds. The second-order valence-corrected chi connectivity index (χ2v) is 8.16. The van der Waals surface area contributed by atoms with E-state index in [2.05, 4.69) is 10.9 Å². The number of carbonyl (C=O) groups excluding carboxylic acids is 2. The molecule has 2 N–H and O–H groups in total. The van der Waals surface area contributed by atoms with Gasteiger partial charge in [-0.1, -0.05) is 35.9 Å². The van der Waals surface area contributed by atoms with Gasteiger partial charge in [0.25, 0.3) is 11.8 Å². The van der Waals surface area contributed by atoms with E-state index in [1.807, 2.05) is 31.2 Å². The van der Waals surface area contributed by atoms with Gasteiger partial charge in [-0.15, -0.1) is 0 Å². The first-order valence-corrected chi connectivity index (χ1v) is 9.52. The highest BCUT2D eigenvalue weighted by atomic mass is 32.2. The first kappa shape index (κ1) is 20.3. The summed E-state index contributed by atoms with van der Waals surface area (Å²) in [5, 5.41) is 0. The summed E-state index contributed by atoms with van der Waals surface area (Å²) in [5.74, 6) is -1.13. The van der Waals surface area contributed by atoms with Crippen molar-refractivity contribution >= 4 is 27.9 Å². The van der Waals surface area contributed by atoms with E-state index < -0.39 is 21.8 Å². The third-order valence-electron chi connectivity index (χ3n) is 3.64. The molecular formula is C19H21N3O4S. The Morgan fingerprint density at radius 2 is 1.70 bits per heavy atom. The first-order chi connectivity index (χ1) is 12.7. The number of nitrogens with zero attached hydrogens (tertiary/aromatic N) is 1. The Bertz CT molecular complexity index is 982. The number of benzene rings is 2. The molecule has 0 aliphatic heterocycles. The lowest BCUT2D eigenvalue weighted by atomic mass is 10.1. The van der Waals surface area contributed by atoms with Crippen molar-refractivity contribution in [1.82, 2.24) is 15.2 Å². The van der Waals surface area contributed by atoms with Crippen LogP contribution in [-0.2, 0) is 14.8 Å². The molecule has 0 heterocycles. The minimum Gasteiger partial charge on any atom is -0.268 e. The van der Waals surface area contributed by atoms with Gasteiger partial charge in [-0.25, -0.2) is 12.7 Å². The average molecular weight is 387 g/mol. The molecule has 2 aromatic carbocycles. The third-order valence-corrected chi connectivity index (χ3v) is 5.45. The van der Waals surface area contributed by atoms with Crippen LogP contribution >= 0.6 is 0 Å². The van der Waals surface area contributed by atoms with Crippen molar-refractivity contribution in [3.05, 3.63) is 71.3 Å². The fourth-order valence-corrected chi connectivity index (χ4v) is 3.13. The van der Waals surface area contributed by atoms with E-state index in [9.17, 15) is 18.0 Å². The molecule has 0 spiro atoms. The van der Waals surface area contributed by atoms with Crippen LogP contribution in [0, 0.1) is 6.92 Å². The van der Waals surface area contributed by atoms with Crippen LogP contribution in [0.3, 0.4) is 0 Å². The normalized spacial score (nSPS) is 11.6. The van der Waals surface area contributed by atoms with Crippen LogP contribution in [0.4, 0.5) is 0 Å². The third kappa shape index (κ3) is 5.50. The van der Waals surface area contributed by atoms with Gasteiger partial charge in [0.2, 0.25) is 10.0 Å². The number of sulfonamides is 1. The number of rotatable bonds is 5. The predicted octanol–water partition coefficient (Wildman–Crippen LogP) is 1.72. The van der Waals surface area contributed by atoms with E-state index >= 15 is 0 Å². The van der Waals surface area contributed by atoms with E-state index in [4.69, 9.17) is 0 Å². The lowest BCUT2D eigenvalue weighted by Crippen LogP contribution is -2.40. The standard InChI is InChI=1S/C19H21N3O4S/c1-14-6-4-7-15(12-14)10-11-18(23)20-21-19(24)16-8-5-9-17(13-16)27(25,26)22(2)3/h4-13H,1-3H3,(H,20,23)(H,21,24)/b11-10+. The monoisotopic (exact) mass is 387 g/mol. The lowest BCUT2D eigenvalue weighted by molar-refractivity contribution is -0.117. The Morgan fingerprint density at radius 3 is 2.37 bits per heavy atom. The highest BCUT2D eigenvalue weighted by molar-refractivity contribution is 7.89. The molecule has 142 valence electrons. The molecule has 0 fully saturated rings. The zero-order valence-corrected chi connectivity index (χ0v) is 16.1. The zero-order valence-electron chi connectivity index (χ0n) is 15.3. The molecule has 2 aromatic rings. The predicted molar refractivity (Wildman–Crippen MR) is 103 cm³/mol. The van der Waals surface area contributed by atoms with Crippen molar-refractivity contribution in [1.29, 1.82) is 0 Å². The van der Waals surface area contributed by atoms with Crippen LogP contribution in [0.25, 0.3) is 6.08 Å². The van der Waals surface area contributed by atoms with Gasteiger partial charge in [-0.3, -0.25) is 20.4 Å². The molecule has 7 nitrogen and oxygen atoms in total. The van der Waals surface area contributed by atoms with Crippen molar-refractivity contribution in [2.45, 2.75) is 11.8 Å². The van der Waals surface area contributed by atoms with E-state index in [1.54, 1.807) is 6.08 Å². The second kappa shape index (κ2) is 8.61. The SMILES string of the molecule is Cc1cccc(/C=C/C(=O)NNC(=O)c2cccc(S(=O)(=O)N(C)C)c2)c1. The van der Waals surface area contributed by atoms with Gasteiger partial charge in [0.15, 0.2) is 0 Å². The number of aryl methyl sites for hydroxylation is 1. The molecule has 0 bridgehead atoms. The molecule has 0 saturated heterocycles. The molecule has 8 heteroatoms. The number of nitrogens with one attached hydrogen (secondary N) is 2. The number of hydrazine groups is 1. The number of carbonyl (C=O) groups is 2. The molecule has 0 atom stereocenters. The van der Waals surface area contributed by atoms with Crippen LogP contribution in [0.5, 0.6) is 0 Å². The second-order valence-electron chi connectivity index (χ2n) is 6.01. The highest BCUT2D eigenvalue weighted by Crippen LogP contribution is 2.14. The Morgan fingerprint density at radius 1 is 1.00 bits per heavy atom. The van der Waals surface area contributed by atoms with Gasteiger partial charge >= 0.3 is 0 Å². The van der Waals surface area contributed by atoms with Gasteiger partial charge in [-0.2, -0.15) is 0 Å². The number of hydrogen-bond donors (Lipinski definition) is 2. The number of amides is 2. The first-order valence-electron chi connectivity index (χ1n) is 8.08. The molecule has 0 aliphatic rings. The molecule has 0 unspecified atom stereocenters. The van der Waals surface area contributed by atoms with Crippen LogP contribution in [-0.4, -0.2) is 38.6 Å². The summed E-state index contributed by atoms with van der Waals surface area (Å²) in [4.78, 5) is 24.0. The summed E-state index contributed by atoms with van der Waals surface area (Å²) in [7, 11) is -0.841. The Kier molecular flexibility index (Phi) is 6.49. The summed E-state index contributed by atoms with van der Waals surface area (Å²) in [5.41, 5.74) is 6.56. The minimum atomic E-state index is -3.65. The maximum Gasteiger partial charge on any atom is 0.269 e. The van der Waals surface area contributed by atoms with Crippen LogP contribution < -0.4 is 10.9 Å². The largest absolute Gasteiger partial charge is 0.269 e. The Balaban J connectivity index is 2.00. The van der Waals surface area contributed by atoms with Gasteiger partial charge < -0.3 is 0 Å². The molecule has 0 aromatic heterocycles. The molecule has 27 heavy (non-hydrogen) atoms. The van der Waals surface area contributed by atoms with E-state index in [0.29, 0.717) is 0 Å². The fraction of sp³-hybridized carbons (Fsp3) is 0.158. The molecule has 0 saturated carbocycles. The van der Waals surface area contributed by atoms with Crippen molar-refractivity contribution in [3.63, 3.8) is 0 Å². The smallest absolute Gasteiger partial charge is 0.268 e. The van der Waals surface area contributed by atoms with E-state index in [0.717, 1.165) is 15.4 Å². The van der Waals surface area contributed by atoms with E-state index in [-0.39, 0.29) is 10.5 Å². The minimum absolute atomic E-state index is 0.00850. The van der Waals surface area contributed by atoms with Gasteiger partial charge in [0.1, 0.15) is 0 Å². The van der Waals surface area contributed by atoms with Gasteiger partial charge in [0, 0.05) is 25.7 Å². The van der Waals surface area contributed by atoms with Crippen LogP contribution in [0.2, 0.25) is 0 Å². The molecular weight excluding hydrogens is 366 g/mol. The van der Waals surface area contributed by atoms with Crippen molar-refractivity contribution in [3.8, 4) is 0 Å². The molecule has 0 aliphatic carbocycles. The summed E-state index contributed by atoms with van der Waals surface area (Å²) in [6.45, 7) is 1.95. The lowest BCUT2D eigenvalue weighted by Gasteiger charge is -2.12. The van der Waals surface area contributed by atoms with Crippen LogP contribution in [0.1, 0.15) is 21.5 Å². The van der Waals surface area contributed by atoms with Gasteiger partial charge in [0.05, 0.1) is 4.90 Å². The Labute approximate surface area is 158 Å². The maximum atomic E-state index is 12.2. The summed E-state index contributed by atoms with van der Waals surface area (Å²) >= 11 is 0. The van der Waals surface area contributed by atoms with Crippen molar-refractivity contribution in [2.75, 3.05) is 14.1 Å². The van der Waals surface area contributed by atoms with Crippen molar-refractivity contribution < 1.29 is 18.0 Å². The average Bonchev–Trinajstić information content (AvgIpc) is 2.64. The quantitative estimate of drug-likeness (QED) is 0.603. The fourth-order valence-electron chi connectivity index (χ4n) is 2.19. The topological polar surface area (TPSA) is 95.6 Å². The maximum absolute atomic E-state index is 12.2. The summed E-state index contributed by atoms with van der Waals surface area (Å²) in [6, 6.07) is 13.2. The summed E-state index contributed by atoms with van der Waals surface area (Å²) in [6.07, 6.45) is 2.92.